The molecule has 1 atom stereocenters. The van der Waals surface area contributed by atoms with E-state index in [4.69, 9.17) is 11.6 Å². The van der Waals surface area contributed by atoms with Gasteiger partial charge < -0.3 is 10.3 Å². The summed E-state index contributed by atoms with van der Waals surface area (Å²) in [5.41, 5.74) is 4.43. The lowest BCUT2D eigenvalue weighted by Gasteiger charge is -2.39. The van der Waals surface area contributed by atoms with Crippen LogP contribution in [0.5, 0.6) is 0 Å². The van der Waals surface area contributed by atoms with Gasteiger partial charge in [0.2, 0.25) is 0 Å². The van der Waals surface area contributed by atoms with Crippen molar-refractivity contribution in [1.82, 2.24) is 10.3 Å². The first kappa shape index (κ1) is 16.1. The molecule has 0 bridgehead atoms. The predicted molar refractivity (Wildman–Crippen MR) is 105 cm³/mol. The van der Waals surface area contributed by atoms with Crippen molar-refractivity contribution < 1.29 is 4.79 Å². The summed E-state index contributed by atoms with van der Waals surface area (Å²) in [7, 11) is 0. The average molecular weight is 365 g/mol. The van der Waals surface area contributed by atoms with Crippen LogP contribution in [0.3, 0.4) is 0 Å². The highest BCUT2D eigenvalue weighted by atomic mass is 35.5. The number of benzene rings is 2. The number of carbonyl (C=O) groups is 1. The van der Waals surface area contributed by atoms with Crippen LogP contribution in [0.4, 0.5) is 0 Å². The molecule has 2 aliphatic rings. The molecule has 1 aliphatic carbocycles. The number of halogens is 1. The third kappa shape index (κ3) is 2.27. The number of rotatable bonds is 2. The lowest BCUT2D eigenvalue weighted by Crippen LogP contribution is -2.45. The van der Waals surface area contributed by atoms with E-state index < -0.39 is 0 Å². The zero-order chi connectivity index (χ0) is 17.7. The van der Waals surface area contributed by atoms with E-state index in [2.05, 4.69) is 34.6 Å². The average Bonchev–Trinajstić information content (AvgIpc) is 3.22. The normalized spacial score (nSPS) is 21.2. The van der Waals surface area contributed by atoms with Crippen LogP contribution in [0.2, 0.25) is 5.02 Å². The smallest absolute Gasteiger partial charge is 0.169 e. The quantitative estimate of drug-likeness (QED) is 0.658. The predicted octanol–water partition coefficient (Wildman–Crippen LogP) is 4.50. The molecule has 5 rings (SSSR count). The molecule has 1 aromatic heterocycles. The van der Waals surface area contributed by atoms with Crippen molar-refractivity contribution in [1.29, 1.82) is 0 Å². The molecule has 1 saturated heterocycles. The fourth-order valence-electron chi connectivity index (χ4n) is 5.11. The zero-order valence-electron chi connectivity index (χ0n) is 14.5. The number of H-pyrrole nitrogens is 1. The van der Waals surface area contributed by atoms with E-state index in [0.717, 1.165) is 48.8 Å². The Morgan fingerprint density at radius 2 is 1.92 bits per heavy atom. The van der Waals surface area contributed by atoms with Crippen LogP contribution >= 0.6 is 11.6 Å². The van der Waals surface area contributed by atoms with Gasteiger partial charge in [0.25, 0.3) is 0 Å². The van der Waals surface area contributed by atoms with Gasteiger partial charge in [-0.1, -0.05) is 41.9 Å². The van der Waals surface area contributed by atoms with E-state index in [-0.39, 0.29) is 17.1 Å². The minimum absolute atomic E-state index is 0.0108. The first-order valence-electron chi connectivity index (χ1n) is 9.29. The highest BCUT2D eigenvalue weighted by Gasteiger charge is 2.50. The van der Waals surface area contributed by atoms with Gasteiger partial charge in [-0.05, 0) is 55.6 Å². The fraction of sp³-hybridized carbons (Fsp3) is 0.318. The maximum Gasteiger partial charge on any atom is 0.169 e. The minimum Gasteiger partial charge on any atom is -0.360 e. The molecule has 1 spiro atoms. The van der Waals surface area contributed by atoms with E-state index in [1.807, 2.05) is 24.4 Å². The lowest BCUT2D eigenvalue weighted by molar-refractivity contribution is 0.0831. The van der Waals surface area contributed by atoms with Crippen molar-refractivity contribution in [3.05, 3.63) is 70.4 Å². The van der Waals surface area contributed by atoms with Crippen LogP contribution in [0.25, 0.3) is 10.9 Å². The van der Waals surface area contributed by atoms with Crippen LogP contribution < -0.4 is 5.32 Å². The van der Waals surface area contributed by atoms with Crippen LogP contribution in [0.15, 0.2) is 48.7 Å². The van der Waals surface area contributed by atoms with E-state index in [9.17, 15) is 4.79 Å². The first-order chi connectivity index (χ1) is 12.7. The summed E-state index contributed by atoms with van der Waals surface area (Å²) in [6, 6.07) is 14.3. The molecule has 3 nitrogen and oxygen atoms in total. The second-order valence-corrected chi connectivity index (χ2v) is 8.01. The summed E-state index contributed by atoms with van der Waals surface area (Å²) in [4.78, 5) is 16.9. The third-order valence-electron chi connectivity index (χ3n) is 6.37. The van der Waals surface area contributed by atoms with E-state index in [1.165, 1.54) is 11.1 Å². The molecule has 26 heavy (non-hydrogen) atoms. The summed E-state index contributed by atoms with van der Waals surface area (Å²) in [5, 5.41) is 5.12. The highest BCUT2D eigenvalue weighted by molar-refractivity contribution is 6.31. The van der Waals surface area contributed by atoms with Gasteiger partial charge in [-0.15, -0.1) is 0 Å². The molecule has 1 fully saturated rings. The molecule has 2 aromatic carbocycles. The van der Waals surface area contributed by atoms with Crippen molar-refractivity contribution in [2.45, 2.75) is 24.7 Å². The van der Waals surface area contributed by atoms with Crippen molar-refractivity contribution in [3.63, 3.8) is 0 Å². The number of nitrogens with one attached hydrogen (secondary N) is 2. The van der Waals surface area contributed by atoms with E-state index in [1.54, 1.807) is 0 Å². The molecule has 1 aliphatic heterocycles. The lowest BCUT2D eigenvalue weighted by atomic mass is 9.66. The van der Waals surface area contributed by atoms with Crippen molar-refractivity contribution in [2.24, 2.45) is 5.92 Å². The van der Waals surface area contributed by atoms with Crippen molar-refractivity contribution in [3.8, 4) is 0 Å². The standard InChI is InChI=1S/C22H21ClN2O/c23-15-5-6-16-17(13-25-20(16)12-15)21(26)19-11-14-3-1-2-4-18(14)22(19)7-9-24-10-8-22/h1-6,12-13,19,24-25H,7-11H2/t19-/m0/s1. The number of ketones is 1. The van der Waals surface area contributed by atoms with Gasteiger partial charge in [0.05, 0.1) is 0 Å². The summed E-state index contributed by atoms with van der Waals surface area (Å²) in [5.74, 6) is 0.272. The Hall–Kier alpha value is -2.10. The molecule has 132 valence electrons. The number of hydrogen-bond donors (Lipinski definition) is 2. The Kier molecular flexibility index (Phi) is 3.70. The maximum atomic E-state index is 13.7. The molecule has 2 N–H and O–H groups in total. The molecule has 4 heteroatoms. The van der Waals surface area contributed by atoms with Gasteiger partial charge in [-0.25, -0.2) is 0 Å². The van der Waals surface area contributed by atoms with Crippen LogP contribution in [-0.2, 0) is 11.8 Å². The Morgan fingerprint density at radius 3 is 2.77 bits per heavy atom. The van der Waals surface area contributed by atoms with Crippen LogP contribution in [0, 0.1) is 5.92 Å². The monoisotopic (exact) mass is 364 g/mol. The van der Waals surface area contributed by atoms with Crippen molar-refractivity contribution >= 4 is 28.3 Å². The summed E-state index contributed by atoms with van der Waals surface area (Å²) in [6.45, 7) is 1.95. The molecule has 3 aromatic rings. The zero-order valence-corrected chi connectivity index (χ0v) is 15.3. The molecular weight excluding hydrogens is 344 g/mol. The third-order valence-corrected chi connectivity index (χ3v) is 6.60. The minimum atomic E-state index is -0.0328. The van der Waals surface area contributed by atoms with E-state index in [0.29, 0.717) is 5.02 Å². The molecular formula is C22H21ClN2O. The summed E-state index contributed by atoms with van der Waals surface area (Å²) in [6.07, 6.45) is 4.75. The van der Waals surface area contributed by atoms with Gasteiger partial charge in [0.1, 0.15) is 0 Å². The molecule has 0 saturated carbocycles. The second kappa shape index (κ2) is 5.97. The van der Waals surface area contributed by atoms with Crippen LogP contribution in [0.1, 0.15) is 34.3 Å². The number of fused-ring (bicyclic) bond motifs is 3. The Balaban J connectivity index is 1.61. The summed E-state index contributed by atoms with van der Waals surface area (Å²) < 4.78 is 0. The number of aromatic nitrogens is 1. The number of carbonyl (C=O) groups excluding carboxylic acids is 1. The summed E-state index contributed by atoms with van der Waals surface area (Å²) >= 11 is 6.10. The number of Topliss-reactive ketones (excluding diaryl/α,β-unsaturated/α-hetero) is 1. The van der Waals surface area contributed by atoms with Gasteiger partial charge >= 0.3 is 0 Å². The molecule has 2 heterocycles. The Morgan fingerprint density at radius 1 is 1.12 bits per heavy atom. The van der Waals surface area contributed by atoms with Gasteiger partial charge in [0, 0.05) is 39.0 Å². The maximum absolute atomic E-state index is 13.7. The number of piperidine rings is 1. The first-order valence-corrected chi connectivity index (χ1v) is 9.67. The molecule has 0 unspecified atom stereocenters. The molecule has 0 radical (unpaired) electrons. The Bertz CT molecular complexity index is 1000. The fourth-order valence-corrected chi connectivity index (χ4v) is 5.28. The van der Waals surface area contributed by atoms with E-state index >= 15 is 0 Å². The van der Waals surface area contributed by atoms with Crippen LogP contribution in [-0.4, -0.2) is 23.9 Å². The highest BCUT2D eigenvalue weighted by Crippen LogP contribution is 2.50. The number of hydrogen-bond acceptors (Lipinski definition) is 2. The number of aromatic amines is 1. The largest absolute Gasteiger partial charge is 0.360 e. The second-order valence-electron chi connectivity index (χ2n) is 7.58. The molecule has 0 amide bonds. The Labute approximate surface area is 157 Å². The SMILES string of the molecule is O=C(c1c[nH]c2cc(Cl)ccc12)[C@@H]1Cc2ccccc2C12CCNCC2. The van der Waals surface area contributed by atoms with Gasteiger partial charge in [0.15, 0.2) is 5.78 Å². The topological polar surface area (TPSA) is 44.9 Å². The van der Waals surface area contributed by atoms with Crippen molar-refractivity contribution in [2.75, 3.05) is 13.1 Å². The van der Waals surface area contributed by atoms with Gasteiger partial charge in [-0.2, -0.15) is 0 Å². The van der Waals surface area contributed by atoms with Gasteiger partial charge in [-0.3, -0.25) is 4.79 Å².